The Bertz CT molecular complexity index is 1000. The predicted octanol–water partition coefficient (Wildman–Crippen LogP) is 3.85. The summed E-state index contributed by atoms with van der Waals surface area (Å²) in [7, 11) is 0. The molecule has 1 amide bonds. The highest BCUT2D eigenvalue weighted by Gasteiger charge is 2.22. The van der Waals surface area contributed by atoms with Crippen LogP contribution in [0.25, 0.3) is 10.1 Å². The monoisotopic (exact) mass is 448 g/mol. The third-order valence-corrected chi connectivity index (χ3v) is 6.65. The number of halogens is 2. The molecule has 1 atom stereocenters. The van der Waals surface area contributed by atoms with Crippen molar-refractivity contribution in [2.45, 2.75) is 12.5 Å². The van der Waals surface area contributed by atoms with Gasteiger partial charge < -0.3 is 10.6 Å². The fourth-order valence-electron chi connectivity index (χ4n) is 3.62. The molecule has 3 aromatic rings. The lowest BCUT2D eigenvalue weighted by Gasteiger charge is -2.31. The number of piperazine rings is 1. The van der Waals surface area contributed by atoms with Crippen molar-refractivity contribution in [3.63, 3.8) is 0 Å². The Labute approximate surface area is 184 Å². The molecule has 2 aromatic carbocycles. The summed E-state index contributed by atoms with van der Waals surface area (Å²) in [6.45, 7) is 4.63. The largest absolute Gasteiger partial charge is 0.346 e. The van der Waals surface area contributed by atoms with Crippen LogP contribution in [0.15, 0.2) is 42.5 Å². The van der Waals surface area contributed by atoms with Crippen molar-refractivity contribution in [3.05, 3.63) is 63.8 Å². The molecule has 1 aliphatic heterocycles. The molecule has 0 spiro atoms. The third-order valence-electron chi connectivity index (χ3n) is 5.08. The Kier molecular flexibility index (Phi) is 6.67. The summed E-state index contributed by atoms with van der Waals surface area (Å²) in [6, 6.07) is 13.4. The number of nitrogens with zero attached hydrogens (tertiary/aromatic N) is 2. The van der Waals surface area contributed by atoms with E-state index in [1.807, 2.05) is 36.4 Å². The fourth-order valence-corrected chi connectivity index (χ4v) is 4.72. The van der Waals surface area contributed by atoms with Gasteiger partial charge in [-0.2, -0.15) is 4.37 Å². The highest BCUT2D eigenvalue weighted by Crippen LogP contribution is 2.24. The summed E-state index contributed by atoms with van der Waals surface area (Å²) < 4.78 is 5.41. The molecule has 1 aliphatic rings. The Morgan fingerprint density at radius 3 is 2.76 bits per heavy atom. The van der Waals surface area contributed by atoms with E-state index in [1.165, 1.54) is 11.5 Å². The molecule has 0 aliphatic carbocycles. The van der Waals surface area contributed by atoms with Crippen LogP contribution in [-0.2, 0) is 6.42 Å². The topological polar surface area (TPSA) is 57.3 Å². The molecule has 1 aromatic heterocycles. The van der Waals surface area contributed by atoms with E-state index in [-0.39, 0.29) is 11.9 Å². The van der Waals surface area contributed by atoms with Crippen LogP contribution in [-0.4, -0.2) is 53.9 Å². The smallest absolute Gasteiger partial charge is 0.271 e. The van der Waals surface area contributed by atoms with Gasteiger partial charge >= 0.3 is 0 Å². The summed E-state index contributed by atoms with van der Waals surface area (Å²) in [6.07, 6.45) is 0.675. The standard InChI is InChI=1S/C21H22Cl2N4OS/c22-17-6-5-14(12-18(17)23)11-15(13-27-9-7-24-8-10-27)25-21(28)20-16-3-1-2-4-19(16)29-26-20/h1-6,12,15,24H,7-11,13H2,(H,25,28). The molecule has 2 heterocycles. The number of nitrogens with one attached hydrogen (secondary N) is 2. The fraction of sp³-hybridized carbons (Fsp3) is 0.333. The van der Waals surface area contributed by atoms with Crippen LogP contribution < -0.4 is 10.6 Å². The van der Waals surface area contributed by atoms with Gasteiger partial charge in [0.05, 0.1) is 14.7 Å². The van der Waals surface area contributed by atoms with Crippen molar-refractivity contribution in [1.29, 1.82) is 0 Å². The van der Waals surface area contributed by atoms with Crippen molar-refractivity contribution < 1.29 is 4.79 Å². The maximum atomic E-state index is 13.0. The van der Waals surface area contributed by atoms with Crippen LogP contribution in [0.1, 0.15) is 16.1 Å². The Balaban J connectivity index is 1.53. The molecule has 5 nitrogen and oxygen atoms in total. The lowest BCUT2D eigenvalue weighted by Crippen LogP contribution is -2.51. The van der Waals surface area contributed by atoms with Crippen molar-refractivity contribution in [1.82, 2.24) is 19.9 Å². The zero-order valence-corrected chi connectivity index (χ0v) is 18.2. The van der Waals surface area contributed by atoms with E-state index in [0.717, 1.165) is 48.4 Å². The molecular weight excluding hydrogens is 427 g/mol. The van der Waals surface area contributed by atoms with Gasteiger partial charge in [0.1, 0.15) is 5.69 Å². The number of fused-ring (bicyclic) bond motifs is 1. The number of aromatic nitrogens is 1. The zero-order chi connectivity index (χ0) is 20.2. The molecule has 1 unspecified atom stereocenters. The van der Waals surface area contributed by atoms with Crippen LogP contribution >= 0.6 is 34.7 Å². The lowest BCUT2D eigenvalue weighted by molar-refractivity contribution is 0.0919. The van der Waals surface area contributed by atoms with Gasteiger partial charge in [0.2, 0.25) is 0 Å². The van der Waals surface area contributed by atoms with Crippen LogP contribution in [0.5, 0.6) is 0 Å². The number of carbonyl (C=O) groups is 1. The first kappa shape index (κ1) is 20.6. The minimum Gasteiger partial charge on any atom is -0.346 e. The second-order valence-electron chi connectivity index (χ2n) is 7.20. The average Bonchev–Trinajstić information content (AvgIpc) is 3.16. The number of carbonyl (C=O) groups excluding carboxylic acids is 1. The second-order valence-corrected chi connectivity index (χ2v) is 8.82. The highest BCUT2D eigenvalue weighted by molar-refractivity contribution is 7.13. The Morgan fingerprint density at radius 2 is 1.97 bits per heavy atom. The number of amides is 1. The molecule has 0 radical (unpaired) electrons. The number of benzene rings is 2. The zero-order valence-electron chi connectivity index (χ0n) is 15.8. The molecule has 0 saturated carbocycles. The summed E-state index contributed by atoms with van der Waals surface area (Å²) in [5.41, 5.74) is 1.54. The minimum absolute atomic E-state index is 0.0571. The summed E-state index contributed by atoms with van der Waals surface area (Å²) >= 11 is 13.6. The third kappa shape index (κ3) is 5.08. The number of rotatable bonds is 6. The van der Waals surface area contributed by atoms with Crippen molar-refractivity contribution in [3.8, 4) is 0 Å². The van der Waals surface area contributed by atoms with Gasteiger partial charge in [0.25, 0.3) is 5.91 Å². The first-order valence-electron chi connectivity index (χ1n) is 9.62. The van der Waals surface area contributed by atoms with Gasteiger partial charge in [-0.1, -0.05) is 47.5 Å². The van der Waals surface area contributed by atoms with Crippen molar-refractivity contribution >= 4 is 50.7 Å². The van der Waals surface area contributed by atoms with Gasteiger partial charge in [-0.3, -0.25) is 9.69 Å². The lowest BCUT2D eigenvalue weighted by atomic mass is 10.0. The van der Waals surface area contributed by atoms with Gasteiger partial charge in [0.15, 0.2) is 0 Å². The summed E-state index contributed by atoms with van der Waals surface area (Å²) in [5.74, 6) is -0.136. The van der Waals surface area contributed by atoms with E-state index < -0.39 is 0 Å². The van der Waals surface area contributed by atoms with E-state index >= 15 is 0 Å². The van der Waals surface area contributed by atoms with E-state index in [1.54, 1.807) is 6.07 Å². The van der Waals surface area contributed by atoms with E-state index in [4.69, 9.17) is 23.2 Å². The average molecular weight is 449 g/mol. The van der Waals surface area contributed by atoms with E-state index in [0.29, 0.717) is 22.2 Å². The highest BCUT2D eigenvalue weighted by atomic mass is 35.5. The summed E-state index contributed by atoms with van der Waals surface area (Å²) in [5, 5.41) is 8.53. The molecule has 0 bridgehead atoms. The first-order valence-corrected chi connectivity index (χ1v) is 11.2. The molecule has 1 fully saturated rings. The summed E-state index contributed by atoms with van der Waals surface area (Å²) in [4.78, 5) is 15.4. The van der Waals surface area contributed by atoms with Crippen molar-refractivity contribution in [2.75, 3.05) is 32.7 Å². The number of hydrogen-bond donors (Lipinski definition) is 2. The number of hydrogen-bond acceptors (Lipinski definition) is 5. The van der Waals surface area contributed by atoms with Gasteiger partial charge in [0, 0.05) is 44.2 Å². The molecule has 152 valence electrons. The molecule has 8 heteroatoms. The van der Waals surface area contributed by atoms with E-state index in [2.05, 4.69) is 19.9 Å². The molecule has 29 heavy (non-hydrogen) atoms. The van der Waals surface area contributed by atoms with Crippen LogP contribution in [0.4, 0.5) is 0 Å². The maximum absolute atomic E-state index is 13.0. The second kappa shape index (κ2) is 9.41. The van der Waals surface area contributed by atoms with Gasteiger partial charge in [-0.25, -0.2) is 0 Å². The molecule has 1 saturated heterocycles. The van der Waals surface area contributed by atoms with Crippen molar-refractivity contribution in [2.24, 2.45) is 0 Å². The van der Waals surface area contributed by atoms with Crippen LogP contribution in [0, 0.1) is 0 Å². The first-order chi connectivity index (χ1) is 14.1. The normalized spacial score (nSPS) is 16.1. The van der Waals surface area contributed by atoms with Gasteiger partial charge in [-0.15, -0.1) is 0 Å². The Hall–Kier alpha value is -1.70. The van der Waals surface area contributed by atoms with Crippen LogP contribution in [0.3, 0.4) is 0 Å². The van der Waals surface area contributed by atoms with Crippen LogP contribution in [0.2, 0.25) is 10.0 Å². The minimum atomic E-state index is -0.136. The molecule has 4 rings (SSSR count). The van der Waals surface area contributed by atoms with E-state index in [9.17, 15) is 4.79 Å². The molecule has 2 N–H and O–H groups in total. The predicted molar refractivity (Wildman–Crippen MR) is 120 cm³/mol. The SMILES string of the molecule is O=C(NC(Cc1ccc(Cl)c(Cl)c1)CN1CCNCC1)c1nsc2ccccc12. The quantitative estimate of drug-likeness (QED) is 0.601. The molecular formula is C21H22Cl2N4OS. The Morgan fingerprint density at radius 1 is 1.17 bits per heavy atom. The maximum Gasteiger partial charge on any atom is 0.271 e. The van der Waals surface area contributed by atoms with Gasteiger partial charge in [-0.05, 0) is 41.7 Å².